The van der Waals surface area contributed by atoms with Gasteiger partial charge in [0.2, 0.25) is 6.41 Å². The largest absolute Gasteiger partial charge is 0.470 e. The number of hydrogen-bond donors (Lipinski definition) is 0. The normalized spacial score (nSPS) is 17.6. The molecule has 0 bridgehead atoms. The number of aliphatic imine (C=N–C) groups is 1. The fraction of sp³-hybridized carbons (Fsp3) is 0.263. The highest BCUT2D eigenvalue weighted by atomic mass is 32.2. The molecule has 132 valence electrons. The molecule has 0 unspecified atom stereocenters. The summed E-state index contributed by atoms with van der Waals surface area (Å²) >= 11 is 1.47. The Morgan fingerprint density at radius 2 is 2.32 bits per heavy atom. The molecule has 0 aromatic carbocycles. The number of allylic oxidation sites excluding steroid dienone is 7. The quantitative estimate of drug-likeness (QED) is 0.508. The third kappa shape index (κ3) is 5.83. The first-order valence-electron chi connectivity index (χ1n) is 7.98. The van der Waals surface area contributed by atoms with Crippen molar-refractivity contribution in [2.24, 2.45) is 4.99 Å². The minimum absolute atomic E-state index is 0.491. The molecule has 0 saturated carbocycles. The standard InChI is InChI=1S/C19H23N3O2S/c1-4-24-16(2)11-12-17(3)25-19-20-13-21(14-22(19)15-23)18-9-7-5-6-8-10-18/h4-7,9-10,12,15H,1-2,8,11,13-14H2,3H3/b17-12-. The summed E-state index contributed by atoms with van der Waals surface area (Å²) in [5.74, 6) is 0.625. The maximum Gasteiger partial charge on any atom is 0.217 e. The van der Waals surface area contributed by atoms with Crippen LogP contribution >= 0.6 is 11.8 Å². The topological polar surface area (TPSA) is 45.1 Å². The van der Waals surface area contributed by atoms with Gasteiger partial charge in [0.15, 0.2) is 5.17 Å². The SMILES string of the molecule is C=COC(=C)C/C=C(/C)SC1=NCN(C2=CCC=CC=C2)CN1C=O. The summed E-state index contributed by atoms with van der Waals surface area (Å²) in [6.45, 7) is 10.3. The van der Waals surface area contributed by atoms with Crippen molar-refractivity contribution in [1.82, 2.24) is 9.80 Å². The Labute approximate surface area is 153 Å². The lowest BCUT2D eigenvalue weighted by Crippen LogP contribution is -2.43. The third-order valence-electron chi connectivity index (χ3n) is 3.53. The minimum Gasteiger partial charge on any atom is -0.470 e. The van der Waals surface area contributed by atoms with Crippen LogP contribution in [-0.4, -0.2) is 34.7 Å². The molecule has 0 radical (unpaired) electrons. The average molecular weight is 357 g/mol. The number of thioether (sulfide) groups is 1. The maximum atomic E-state index is 11.5. The van der Waals surface area contributed by atoms with Crippen LogP contribution in [0.25, 0.3) is 0 Å². The van der Waals surface area contributed by atoms with Crippen molar-refractivity contribution in [3.8, 4) is 0 Å². The van der Waals surface area contributed by atoms with Gasteiger partial charge in [-0.25, -0.2) is 4.99 Å². The first kappa shape index (κ1) is 18.9. The van der Waals surface area contributed by atoms with E-state index in [9.17, 15) is 4.79 Å². The zero-order valence-corrected chi connectivity index (χ0v) is 15.2. The van der Waals surface area contributed by atoms with Gasteiger partial charge in [0.05, 0.1) is 12.0 Å². The molecule has 0 aromatic heterocycles. The van der Waals surface area contributed by atoms with Gasteiger partial charge in [0.25, 0.3) is 0 Å². The molecule has 2 aliphatic rings. The van der Waals surface area contributed by atoms with E-state index in [1.54, 1.807) is 4.90 Å². The van der Waals surface area contributed by atoms with E-state index in [-0.39, 0.29) is 0 Å². The van der Waals surface area contributed by atoms with E-state index in [1.165, 1.54) is 18.0 Å². The second-order valence-corrected chi connectivity index (χ2v) is 6.65. The molecular weight excluding hydrogens is 334 g/mol. The molecule has 1 aliphatic heterocycles. The molecule has 1 aliphatic carbocycles. The van der Waals surface area contributed by atoms with Gasteiger partial charge in [-0.1, -0.05) is 55.3 Å². The van der Waals surface area contributed by atoms with E-state index in [2.05, 4.69) is 35.2 Å². The average Bonchev–Trinajstić information content (AvgIpc) is 2.90. The summed E-state index contributed by atoms with van der Waals surface area (Å²) in [5.41, 5.74) is 1.08. The number of rotatable bonds is 7. The molecule has 25 heavy (non-hydrogen) atoms. The van der Waals surface area contributed by atoms with E-state index in [4.69, 9.17) is 4.74 Å². The second-order valence-electron chi connectivity index (χ2n) is 5.43. The molecule has 2 rings (SSSR count). The van der Waals surface area contributed by atoms with E-state index in [0.29, 0.717) is 30.7 Å². The Kier molecular flexibility index (Phi) is 7.35. The fourth-order valence-electron chi connectivity index (χ4n) is 2.27. The van der Waals surface area contributed by atoms with Crippen LogP contribution in [-0.2, 0) is 9.53 Å². The summed E-state index contributed by atoms with van der Waals surface area (Å²) in [5, 5.41) is 0.701. The Balaban J connectivity index is 2.00. The van der Waals surface area contributed by atoms with Gasteiger partial charge >= 0.3 is 0 Å². The molecular formula is C19H23N3O2S. The lowest BCUT2D eigenvalue weighted by atomic mass is 10.3. The molecule has 1 amide bonds. The van der Waals surface area contributed by atoms with Crippen molar-refractivity contribution in [3.63, 3.8) is 0 Å². The lowest BCUT2D eigenvalue weighted by molar-refractivity contribution is -0.116. The summed E-state index contributed by atoms with van der Waals surface area (Å²) < 4.78 is 5.11. The molecule has 0 atom stereocenters. The van der Waals surface area contributed by atoms with Crippen molar-refractivity contribution < 1.29 is 9.53 Å². The summed E-state index contributed by atoms with van der Waals surface area (Å²) in [6.07, 6.45) is 15.9. The van der Waals surface area contributed by atoms with Crippen molar-refractivity contribution in [2.75, 3.05) is 13.3 Å². The molecule has 0 aromatic rings. The van der Waals surface area contributed by atoms with Crippen molar-refractivity contribution in [2.45, 2.75) is 19.8 Å². The second kappa shape index (κ2) is 9.74. The molecule has 0 N–H and O–H groups in total. The van der Waals surface area contributed by atoms with E-state index >= 15 is 0 Å². The van der Waals surface area contributed by atoms with Crippen LogP contribution < -0.4 is 0 Å². The highest BCUT2D eigenvalue weighted by Crippen LogP contribution is 2.24. The zero-order valence-electron chi connectivity index (χ0n) is 14.4. The highest BCUT2D eigenvalue weighted by Gasteiger charge is 2.21. The number of carbonyl (C=O) groups excluding carboxylic acids is 1. The Bertz CT molecular complexity index is 674. The van der Waals surface area contributed by atoms with Crippen LogP contribution in [0.4, 0.5) is 0 Å². The minimum atomic E-state index is 0.491. The van der Waals surface area contributed by atoms with Gasteiger partial charge < -0.3 is 9.64 Å². The Hall–Kier alpha value is -2.47. The zero-order chi connectivity index (χ0) is 18.1. The van der Waals surface area contributed by atoms with Crippen LogP contribution in [0.15, 0.2) is 77.2 Å². The molecule has 6 heteroatoms. The van der Waals surface area contributed by atoms with Crippen LogP contribution in [0, 0.1) is 0 Å². The maximum absolute atomic E-state index is 11.5. The number of carbonyl (C=O) groups is 1. The van der Waals surface area contributed by atoms with Gasteiger partial charge in [-0.15, -0.1) is 0 Å². The molecule has 0 saturated heterocycles. The van der Waals surface area contributed by atoms with E-state index in [1.807, 2.05) is 31.2 Å². The summed E-state index contributed by atoms with van der Waals surface area (Å²) in [4.78, 5) is 20.8. The molecule has 1 heterocycles. The number of nitrogens with zero attached hydrogens (tertiary/aromatic N) is 3. The van der Waals surface area contributed by atoms with Crippen LogP contribution in [0.1, 0.15) is 19.8 Å². The van der Waals surface area contributed by atoms with Gasteiger partial charge in [-0.2, -0.15) is 0 Å². The van der Waals surface area contributed by atoms with Crippen LogP contribution in [0.5, 0.6) is 0 Å². The van der Waals surface area contributed by atoms with Gasteiger partial charge in [-0.3, -0.25) is 9.69 Å². The lowest BCUT2D eigenvalue weighted by Gasteiger charge is -2.34. The molecule has 0 fully saturated rings. The van der Waals surface area contributed by atoms with Crippen molar-refractivity contribution in [3.05, 3.63) is 72.2 Å². The predicted molar refractivity (Wildman–Crippen MR) is 104 cm³/mol. The predicted octanol–water partition coefficient (Wildman–Crippen LogP) is 4.13. The first-order valence-corrected chi connectivity index (χ1v) is 8.80. The monoisotopic (exact) mass is 357 g/mol. The number of amides is 1. The Morgan fingerprint density at radius 3 is 3.08 bits per heavy atom. The third-order valence-corrected chi connectivity index (χ3v) is 4.57. The van der Waals surface area contributed by atoms with Gasteiger partial charge in [-0.05, 0) is 24.3 Å². The Morgan fingerprint density at radius 1 is 1.48 bits per heavy atom. The first-order chi connectivity index (χ1) is 12.1. The van der Waals surface area contributed by atoms with Crippen molar-refractivity contribution >= 4 is 23.3 Å². The summed E-state index contributed by atoms with van der Waals surface area (Å²) in [7, 11) is 0. The van der Waals surface area contributed by atoms with Crippen molar-refractivity contribution in [1.29, 1.82) is 0 Å². The number of amidine groups is 1. The van der Waals surface area contributed by atoms with Crippen LogP contribution in [0.2, 0.25) is 0 Å². The number of ether oxygens (including phenoxy) is 1. The van der Waals surface area contributed by atoms with Gasteiger partial charge in [0.1, 0.15) is 13.3 Å². The van der Waals surface area contributed by atoms with E-state index in [0.717, 1.165) is 23.4 Å². The molecule has 5 nitrogen and oxygen atoms in total. The van der Waals surface area contributed by atoms with Crippen LogP contribution in [0.3, 0.4) is 0 Å². The highest BCUT2D eigenvalue weighted by molar-refractivity contribution is 8.17. The fourth-order valence-corrected chi connectivity index (χ4v) is 3.07. The summed E-state index contributed by atoms with van der Waals surface area (Å²) in [6, 6.07) is 0. The van der Waals surface area contributed by atoms with Gasteiger partial charge in [0, 0.05) is 12.1 Å². The smallest absolute Gasteiger partial charge is 0.217 e. The molecule has 0 spiro atoms. The number of hydrogen-bond acceptors (Lipinski definition) is 5. The van der Waals surface area contributed by atoms with E-state index < -0.39 is 0 Å².